The first-order valence-corrected chi connectivity index (χ1v) is 7.64. The zero-order chi connectivity index (χ0) is 17.8. The van der Waals surface area contributed by atoms with Crippen molar-refractivity contribution in [3.05, 3.63) is 59.2 Å². The fraction of sp³-hybridized carbons (Fsp3) is 0.222. The molecular formula is C18H17N3O4. The molecular weight excluding hydrogens is 322 g/mol. The number of nitrogens with zero attached hydrogens (tertiary/aromatic N) is 3. The van der Waals surface area contributed by atoms with Crippen molar-refractivity contribution in [2.45, 2.75) is 20.5 Å². The average Bonchev–Trinajstić information content (AvgIpc) is 3.01. The van der Waals surface area contributed by atoms with Crippen LogP contribution in [0.3, 0.4) is 0 Å². The van der Waals surface area contributed by atoms with Crippen molar-refractivity contribution in [1.82, 2.24) is 15.1 Å². The Morgan fingerprint density at radius 1 is 1.12 bits per heavy atom. The molecule has 0 saturated carbocycles. The lowest BCUT2D eigenvalue weighted by Crippen LogP contribution is -2.03. The fourth-order valence-electron chi connectivity index (χ4n) is 2.25. The predicted molar refractivity (Wildman–Crippen MR) is 89.1 cm³/mol. The van der Waals surface area contributed by atoms with Crippen molar-refractivity contribution >= 4 is 5.97 Å². The van der Waals surface area contributed by atoms with Crippen LogP contribution in [-0.4, -0.2) is 28.2 Å². The molecule has 0 saturated heterocycles. The van der Waals surface area contributed by atoms with Crippen molar-refractivity contribution in [2.24, 2.45) is 0 Å². The average molecular weight is 339 g/mol. The third kappa shape index (κ3) is 3.65. The minimum Gasteiger partial charge on any atom is -0.473 e. The van der Waals surface area contributed by atoms with Crippen LogP contribution in [0, 0.1) is 13.8 Å². The minimum absolute atomic E-state index is 0.239. The summed E-state index contributed by atoms with van der Waals surface area (Å²) < 4.78 is 15.6. The number of methoxy groups -OCH3 is 1. The topological polar surface area (TPSA) is 87.3 Å². The molecule has 0 aliphatic rings. The smallest absolute Gasteiger partial charge is 0.339 e. The van der Waals surface area contributed by atoms with E-state index in [0.717, 1.165) is 16.8 Å². The molecule has 0 aromatic carbocycles. The highest BCUT2D eigenvalue weighted by molar-refractivity contribution is 5.88. The van der Waals surface area contributed by atoms with Gasteiger partial charge in [0.05, 0.1) is 18.2 Å². The summed E-state index contributed by atoms with van der Waals surface area (Å²) in [5.41, 5.74) is 3.66. The quantitative estimate of drug-likeness (QED) is 0.660. The predicted octanol–water partition coefficient (Wildman–Crippen LogP) is 3.11. The van der Waals surface area contributed by atoms with E-state index in [0.29, 0.717) is 22.9 Å². The van der Waals surface area contributed by atoms with Crippen molar-refractivity contribution in [3.8, 4) is 17.1 Å². The molecule has 0 spiro atoms. The first-order valence-electron chi connectivity index (χ1n) is 7.64. The second-order valence-corrected chi connectivity index (χ2v) is 5.42. The molecule has 0 radical (unpaired) electrons. The van der Waals surface area contributed by atoms with Gasteiger partial charge < -0.3 is 14.0 Å². The van der Waals surface area contributed by atoms with Crippen LogP contribution < -0.4 is 4.74 Å². The number of carbonyl (C=O) groups excluding carboxylic acids is 1. The van der Waals surface area contributed by atoms with Crippen molar-refractivity contribution in [1.29, 1.82) is 0 Å². The molecule has 25 heavy (non-hydrogen) atoms. The Hall–Kier alpha value is -3.22. The summed E-state index contributed by atoms with van der Waals surface area (Å²) in [4.78, 5) is 19.8. The Morgan fingerprint density at radius 3 is 2.60 bits per heavy atom. The number of esters is 1. The van der Waals surface area contributed by atoms with Gasteiger partial charge in [0.2, 0.25) is 5.88 Å². The van der Waals surface area contributed by atoms with Crippen LogP contribution in [0.15, 0.2) is 41.2 Å². The summed E-state index contributed by atoms with van der Waals surface area (Å²) in [6.07, 6.45) is 3.16. The second-order valence-electron chi connectivity index (χ2n) is 5.42. The van der Waals surface area contributed by atoms with Gasteiger partial charge in [-0.05, 0) is 32.0 Å². The van der Waals surface area contributed by atoms with Gasteiger partial charge in [-0.1, -0.05) is 5.16 Å². The number of hydrogen-bond donors (Lipinski definition) is 0. The molecule has 3 heterocycles. The van der Waals surface area contributed by atoms with Gasteiger partial charge in [-0.2, -0.15) is 0 Å². The van der Waals surface area contributed by atoms with Crippen molar-refractivity contribution in [3.63, 3.8) is 0 Å². The van der Waals surface area contributed by atoms with E-state index in [1.165, 1.54) is 13.3 Å². The molecule has 0 aliphatic heterocycles. The van der Waals surface area contributed by atoms with Gasteiger partial charge in [-0.25, -0.2) is 9.78 Å². The van der Waals surface area contributed by atoms with E-state index in [1.54, 1.807) is 18.3 Å². The molecule has 0 aliphatic carbocycles. The maximum atomic E-state index is 11.4. The molecule has 3 aromatic rings. The molecule has 0 atom stereocenters. The van der Waals surface area contributed by atoms with Crippen LogP contribution in [-0.2, 0) is 11.3 Å². The van der Waals surface area contributed by atoms with Gasteiger partial charge in [-0.3, -0.25) is 4.98 Å². The monoisotopic (exact) mass is 339 g/mol. The van der Waals surface area contributed by atoms with Gasteiger partial charge in [0, 0.05) is 29.7 Å². The lowest BCUT2D eigenvalue weighted by atomic mass is 10.1. The van der Waals surface area contributed by atoms with Crippen LogP contribution in [0.25, 0.3) is 11.3 Å². The van der Waals surface area contributed by atoms with E-state index in [2.05, 4.69) is 19.9 Å². The van der Waals surface area contributed by atoms with E-state index in [1.807, 2.05) is 26.0 Å². The Balaban J connectivity index is 1.76. The molecule has 128 valence electrons. The summed E-state index contributed by atoms with van der Waals surface area (Å²) in [6.45, 7) is 3.99. The van der Waals surface area contributed by atoms with Crippen molar-refractivity contribution in [2.75, 3.05) is 7.11 Å². The van der Waals surface area contributed by atoms with Gasteiger partial charge in [0.25, 0.3) is 0 Å². The molecule has 3 rings (SSSR count). The van der Waals surface area contributed by atoms with Gasteiger partial charge in [0.15, 0.2) is 0 Å². The van der Waals surface area contributed by atoms with E-state index in [-0.39, 0.29) is 6.61 Å². The van der Waals surface area contributed by atoms with Crippen LogP contribution in [0.2, 0.25) is 0 Å². The third-order valence-electron chi connectivity index (χ3n) is 3.69. The second kappa shape index (κ2) is 7.12. The molecule has 7 nitrogen and oxygen atoms in total. The fourth-order valence-corrected chi connectivity index (χ4v) is 2.25. The summed E-state index contributed by atoms with van der Waals surface area (Å²) in [6, 6.07) is 7.06. The SMILES string of the molecule is COC(=O)c1ccc(OCc2c(-c3ccc(C)nc3)noc2C)nc1. The van der Waals surface area contributed by atoms with E-state index in [4.69, 9.17) is 9.26 Å². The molecule has 0 fully saturated rings. The van der Waals surface area contributed by atoms with Crippen LogP contribution in [0.1, 0.15) is 27.4 Å². The van der Waals surface area contributed by atoms with Crippen LogP contribution >= 0.6 is 0 Å². The zero-order valence-electron chi connectivity index (χ0n) is 14.1. The molecule has 7 heteroatoms. The lowest BCUT2D eigenvalue weighted by molar-refractivity contribution is 0.0600. The molecule has 3 aromatic heterocycles. The van der Waals surface area contributed by atoms with Crippen LogP contribution in [0.4, 0.5) is 0 Å². The Morgan fingerprint density at radius 2 is 1.96 bits per heavy atom. The van der Waals surface area contributed by atoms with E-state index in [9.17, 15) is 4.79 Å². The molecule has 0 N–H and O–H groups in total. The Labute approximate surface area is 144 Å². The van der Waals surface area contributed by atoms with Gasteiger partial charge in [0.1, 0.15) is 18.1 Å². The first-order chi connectivity index (χ1) is 12.1. The Kier molecular flexibility index (Phi) is 4.74. The summed E-state index contributed by atoms with van der Waals surface area (Å²) in [5, 5.41) is 4.10. The largest absolute Gasteiger partial charge is 0.473 e. The Bertz CT molecular complexity index is 870. The van der Waals surface area contributed by atoms with E-state index < -0.39 is 5.97 Å². The number of pyridine rings is 2. The number of rotatable bonds is 5. The third-order valence-corrected chi connectivity index (χ3v) is 3.69. The van der Waals surface area contributed by atoms with Gasteiger partial charge >= 0.3 is 5.97 Å². The summed E-state index contributed by atoms with van der Waals surface area (Å²) >= 11 is 0. The lowest BCUT2D eigenvalue weighted by Gasteiger charge is -2.06. The first kappa shape index (κ1) is 16.6. The maximum absolute atomic E-state index is 11.4. The van der Waals surface area contributed by atoms with Crippen LogP contribution in [0.5, 0.6) is 5.88 Å². The summed E-state index contributed by atoms with van der Waals surface area (Å²) in [7, 11) is 1.32. The standard InChI is InChI=1S/C18H17N3O4/c1-11-4-5-13(8-19-11)17-15(12(2)25-21-17)10-24-16-7-6-14(9-20-16)18(22)23-3/h4-9H,10H2,1-3H3. The number of carbonyl (C=O) groups is 1. The minimum atomic E-state index is -0.442. The summed E-state index contributed by atoms with van der Waals surface area (Å²) in [5.74, 6) is 0.617. The number of ether oxygens (including phenoxy) is 2. The molecule has 0 bridgehead atoms. The number of aromatic nitrogens is 3. The van der Waals surface area contributed by atoms with E-state index >= 15 is 0 Å². The maximum Gasteiger partial charge on any atom is 0.339 e. The highest BCUT2D eigenvalue weighted by Gasteiger charge is 2.16. The highest BCUT2D eigenvalue weighted by Crippen LogP contribution is 2.26. The normalized spacial score (nSPS) is 10.5. The molecule has 0 unspecified atom stereocenters. The van der Waals surface area contributed by atoms with Crippen molar-refractivity contribution < 1.29 is 18.8 Å². The number of aryl methyl sites for hydroxylation is 2. The highest BCUT2D eigenvalue weighted by atomic mass is 16.5. The molecule has 0 amide bonds. The zero-order valence-corrected chi connectivity index (χ0v) is 14.1. The van der Waals surface area contributed by atoms with Gasteiger partial charge in [-0.15, -0.1) is 0 Å². The number of hydrogen-bond acceptors (Lipinski definition) is 7.